The van der Waals surface area contributed by atoms with Crippen LogP contribution in [0.1, 0.15) is 26.4 Å². The second kappa shape index (κ2) is 9.97. The summed E-state index contributed by atoms with van der Waals surface area (Å²) in [7, 11) is 2.03. The molecule has 31 heavy (non-hydrogen) atoms. The fourth-order valence-electron chi connectivity index (χ4n) is 3.44. The van der Waals surface area contributed by atoms with E-state index < -0.39 is 0 Å². The number of nitriles is 1. The number of aliphatic imine (C=N–C) groups is 1. The van der Waals surface area contributed by atoms with Crippen LogP contribution in [0.15, 0.2) is 65.7 Å². The van der Waals surface area contributed by atoms with Gasteiger partial charge in [0.2, 0.25) is 0 Å². The highest BCUT2D eigenvalue weighted by Crippen LogP contribution is 2.31. The summed E-state index contributed by atoms with van der Waals surface area (Å²) in [4.78, 5) is 20.6. The Morgan fingerprint density at radius 2 is 1.97 bits per heavy atom. The lowest BCUT2D eigenvalue weighted by Gasteiger charge is -2.28. The van der Waals surface area contributed by atoms with Gasteiger partial charge in [-0.05, 0) is 42.5 Å². The van der Waals surface area contributed by atoms with Crippen LogP contribution in [-0.2, 0) is 0 Å². The van der Waals surface area contributed by atoms with Gasteiger partial charge < -0.3 is 10.2 Å². The van der Waals surface area contributed by atoms with Crippen molar-refractivity contribution in [3.05, 3.63) is 86.6 Å². The standard InChI is InChI=1S/C23H19ClN4OS.ClH/c1-28-17(14-27-23(29)16-8-6-15(12-25)7-9-16)13-26-22(20-10-11-21(24)30-20)18-4-2-3-5-19(18)28;/h2-11,17H,13-14H2,1H3,(H,27,29);1H. The monoisotopic (exact) mass is 470 g/mol. The molecule has 1 amide bonds. The second-order valence-electron chi connectivity index (χ2n) is 6.97. The number of carbonyl (C=O) groups excluding carboxylic acids is 1. The van der Waals surface area contributed by atoms with Gasteiger partial charge in [-0.15, -0.1) is 23.7 Å². The van der Waals surface area contributed by atoms with Crippen molar-refractivity contribution in [2.24, 2.45) is 4.99 Å². The lowest BCUT2D eigenvalue weighted by Crippen LogP contribution is -2.43. The third kappa shape index (κ3) is 4.91. The Morgan fingerprint density at radius 1 is 1.23 bits per heavy atom. The molecule has 0 radical (unpaired) electrons. The first-order valence-electron chi connectivity index (χ1n) is 9.47. The molecule has 0 spiro atoms. The number of halogens is 2. The zero-order chi connectivity index (χ0) is 21.1. The van der Waals surface area contributed by atoms with Crippen LogP contribution in [0.5, 0.6) is 0 Å². The third-order valence-corrected chi connectivity index (χ3v) is 6.37. The van der Waals surface area contributed by atoms with Gasteiger partial charge in [-0.1, -0.05) is 29.8 Å². The van der Waals surface area contributed by atoms with Gasteiger partial charge in [0.1, 0.15) is 0 Å². The van der Waals surface area contributed by atoms with Gasteiger partial charge in [-0.3, -0.25) is 9.79 Å². The lowest BCUT2D eigenvalue weighted by atomic mass is 10.1. The minimum absolute atomic E-state index is 0. The van der Waals surface area contributed by atoms with Crippen molar-refractivity contribution < 1.29 is 4.79 Å². The van der Waals surface area contributed by atoms with E-state index in [1.54, 1.807) is 24.3 Å². The molecule has 2 aromatic carbocycles. The second-order valence-corrected chi connectivity index (χ2v) is 8.69. The first kappa shape index (κ1) is 22.8. The van der Waals surface area contributed by atoms with E-state index in [1.165, 1.54) is 11.3 Å². The number of likely N-dealkylation sites (N-methyl/N-ethyl adjacent to an activating group) is 1. The molecule has 1 aliphatic heterocycles. The number of thiophene rings is 1. The van der Waals surface area contributed by atoms with Crippen molar-refractivity contribution >= 4 is 52.7 Å². The minimum atomic E-state index is -0.167. The number of amides is 1. The zero-order valence-electron chi connectivity index (χ0n) is 16.7. The van der Waals surface area contributed by atoms with Crippen molar-refractivity contribution in [2.75, 3.05) is 25.0 Å². The molecular weight excluding hydrogens is 451 g/mol. The van der Waals surface area contributed by atoms with E-state index in [-0.39, 0.29) is 24.4 Å². The molecule has 2 heterocycles. The highest BCUT2D eigenvalue weighted by atomic mass is 35.5. The number of hydrogen-bond donors (Lipinski definition) is 1. The SMILES string of the molecule is CN1c2ccccc2C(c2ccc(Cl)s2)=NCC1CNC(=O)c1ccc(C#N)cc1.Cl. The topological polar surface area (TPSA) is 68.5 Å². The van der Waals surface area contributed by atoms with Gasteiger partial charge in [-0.2, -0.15) is 5.26 Å². The summed E-state index contributed by atoms with van der Waals surface area (Å²) < 4.78 is 0.731. The first-order chi connectivity index (χ1) is 14.6. The highest BCUT2D eigenvalue weighted by Gasteiger charge is 2.25. The van der Waals surface area contributed by atoms with Gasteiger partial charge in [0.25, 0.3) is 5.91 Å². The first-order valence-corrected chi connectivity index (χ1v) is 10.7. The fraction of sp³-hybridized carbons (Fsp3) is 0.174. The minimum Gasteiger partial charge on any atom is -0.367 e. The van der Waals surface area contributed by atoms with E-state index in [0.717, 1.165) is 26.2 Å². The Morgan fingerprint density at radius 3 is 2.65 bits per heavy atom. The molecule has 0 fully saturated rings. The average Bonchev–Trinajstić information content (AvgIpc) is 3.15. The molecule has 1 N–H and O–H groups in total. The molecular formula is C23H20Cl2N4OS. The van der Waals surface area contributed by atoms with Gasteiger partial charge in [-0.25, -0.2) is 0 Å². The van der Waals surface area contributed by atoms with Gasteiger partial charge >= 0.3 is 0 Å². The van der Waals surface area contributed by atoms with Crippen LogP contribution >= 0.6 is 35.3 Å². The molecule has 5 nitrogen and oxygen atoms in total. The quantitative estimate of drug-likeness (QED) is 0.596. The van der Waals surface area contributed by atoms with Crippen LogP contribution < -0.4 is 10.2 Å². The molecule has 0 aliphatic carbocycles. The zero-order valence-corrected chi connectivity index (χ0v) is 19.1. The van der Waals surface area contributed by atoms with Crippen LogP contribution in [-0.4, -0.2) is 37.8 Å². The maximum atomic E-state index is 12.6. The Labute approximate surface area is 196 Å². The molecule has 1 aliphatic rings. The van der Waals surface area contributed by atoms with Gasteiger partial charge in [0.05, 0.1) is 39.1 Å². The largest absolute Gasteiger partial charge is 0.367 e. The predicted molar refractivity (Wildman–Crippen MR) is 129 cm³/mol. The molecule has 4 rings (SSSR count). The molecule has 0 bridgehead atoms. The summed E-state index contributed by atoms with van der Waals surface area (Å²) >= 11 is 7.67. The molecule has 1 aromatic heterocycles. The lowest BCUT2D eigenvalue weighted by molar-refractivity contribution is 0.0951. The van der Waals surface area contributed by atoms with Crippen LogP contribution in [0.25, 0.3) is 0 Å². The summed E-state index contributed by atoms with van der Waals surface area (Å²) in [5.74, 6) is -0.167. The van der Waals surface area contributed by atoms with Crippen molar-refractivity contribution in [3.8, 4) is 6.07 Å². The van der Waals surface area contributed by atoms with E-state index >= 15 is 0 Å². The predicted octanol–water partition coefficient (Wildman–Crippen LogP) is 4.78. The van der Waals surface area contributed by atoms with Crippen LogP contribution in [0.3, 0.4) is 0 Å². The number of hydrogen-bond acceptors (Lipinski definition) is 5. The Bertz CT molecular complexity index is 1150. The van der Waals surface area contributed by atoms with E-state index in [0.29, 0.717) is 24.2 Å². The molecule has 0 saturated heterocycles. The summed E-state index contributed by atoms with van der Waals surface area (Å²) in [6, 6.07) is 20.7. The Balaban J connectivity index is 0.00000272. The molecule has 0 saturated carbocycles. The smallest absolute Gasteiger partial charge is 0.251 e. The molecule has 1 unspecified atom stereocenters. The number of anilines is 1. The van der Waals surface area contributed by atoms with E-state index in [9.17, 15) is 4.79 Å². The van der Waals surface area contributed by atoms with Crippen molar-refractivity contribution in [2.45, 2.75) is 6.04 Å². The number of carbonyl (C=O) groups is 1. The van der Waals surface area contributed by atoms with E-state index in [4.69, 9.17) is 21.9 Å². The fourth-order valence-corrected chi connectivity index (χ4v) is 4.51. The van der Waals surface area contributed by atoms with Crippen LogP contribution in [0.2, 0.25) is 4.34 Å². The third-order valence-electron chi connectivity index (χ3n) is 5.13. The maximum absolute atomic E-state index is 12.6. The summed E-state index contributed by atoms with van der Waals surface area (Å²) in [5.41, 5.74) is 4.11. The summed E-state index contributed by atoms with van der Waals surface area (Å²) in [6.07, 6.45) is 0. The molecule has 1 atom stereocenters. The molecule has 3 aromatic rings. The number of rotatable bonds is 4. The normalized spacial score (nSPS) is 15.1. The van der Waals surface area contributed by atoms with Crippen LogP contribution in [0.4, 0.5) is 5.69 Å². The van der Waals surface area contributed by atoms with E-state index in [1.807, 2.05) is 31.3 Å². The van der Waals surface area contributed by atoms with Crippen molar-refractivity contribution in [1.29, 1.82) is 5.26 Å². The Kier molecular flexibility index (Phi) is 7.34. The van der Waals surface area contributed by atoms with Crippen molar-refractivity contribution in [1.82, 2.24) is 5.32 Å². The summed E-state index contributed by atoms with van der Waals surface area (Å²) in [6.45, 7) is 0.995. The number of fused-ring (bicyclic) bond motifs is 1. The average molecular weight is 471 g/mol. The number of benzodiazepines with no additional fused rings is 1. The number of nitrogens with one attached hydrogen (secondary N) is 1. The maximum Gasteiger partial charge on any atom is 0.251 e. The molecule has 158 valence electrons. The summed E-state index contributed by atoms with van der Waals surface area (Å²) in [5, 5.41) is 11.9. The number of para-hydroxylation sites is 1. The van der Waals surface area contributed by atoms with Gasteiger partial charge in [0.15, 0.2) is 0 Å². The van der Waals surface area contributed by atoms with E-state index in [2.05, 4.69) is 28.4 Å². The Hall–Kier alpha value is -2.85. The number of benzene rings is 2. The van der Waals surface area contributed by atoms with Crippen molar-refractivity contribution in [3.63, 3.8) is 0 Å². The molecule has 8 heteroatoms. The highest BCUT2D eigenvalue weighted by molar-refractivity contribution is 7.18. The van der Waals surface area contributed by atoms with Gasteiger partial charge in [0, 0.05) is 30.4 Å². The van der Waals surface area contributed by atoms with Crippen LogP contribution in [0, 0.1) is 11.3 Å². The number of nitrogens with zero attached hydrogens (tertiary/aromatic N) is 3.